The first-order chi connectivity index (χ1) is 10.9. The third-order valence-electron chi connectivity index (χ3n) is 4.62. The number of terminal acetylenes is 1. The van der Waals surface area contributed by atoms with E-state index in [0.717, 1.165) is 31.7 Å². The second-order valence-corrected chi connectivity index (χ2v) is 7.02. The van der Waals surface area contributed by atoms with Gasteiger partial charge in [0.1, 0.15) is 0 Å². The van der Waals surface area contributed by atoms with Crippen LogP contribution >= 0.6 is 0 Å². The van der Waals surface area contributed by atoms with E-state index in [1.54, 1.807) is 19.9 Å². The first kappa shape index (κ1) is 15.8. The Morgan fingerprint density at radius 1 is 1.39 bits per heavy atom. The average molecular weight is 314 g/mol. The number of hydrogen-bond acceptors (Lipinski definition) is 4. The Balaban J connectivity index is 1.70. The summed E-state index contributed by atoms with van der Waals surface area (Å²) in [5, 5.41) is 0. The lowest BCUT2D eigenvalue weighted by molar-refractivity contribution is -0.153. The highest BCUT2D eigenvalue weighted by Gasteiger charge is 2.35. The highest BCUT2D eigenvalue weighted by atomic mass is 16.6. The summed E-state index contributed by atoms with van der Waals surface area (Å²) in [5.74, 6) is 2.87. The quantitative estimate of drug-likeness (QED) is 0.622. The Bertz CT molecular complexity index is 714. The number of likely N-dealkylation sites (tertiary alicyclic amines) is 1. The number of aromatic nitrogens is 1. The molecule has 122 valence electrons. The van der Waals surface area contributed by atoms with Crippen LogP contribution in [-0.4, -0.2) is 40.7 Å². The van der Waals surface area contributed by atoms with Crippen molar-refractivity contribution in [3.63, 3.8) is 0 Å². The number of carbonyl (C=O) groups excluding carboxylic acids is 1. The maximum Gasteiger partial charge on any atom is 0.321 e. The number of ether oxygens (including phenoxy) is 1. The van der Waals surface area contributed by atoms with Crippen molar-refractivity contribution in [3.8, 4) is 12.3 Å². The zero-order valence-electron chi connectivity index (χ0n) is 13.6. The molecule has 0 aromatic carbocycles. The number of piperidine rings is 1. The van der Waals surface area contributed by atoms with E-state index in [0.29, 0.717) is 11.8 Å². The van der Waals surface area contributed by atoms with Gasteiger partial charge in [-0.3, -0.25) is 14.5 Å². The predicted octanol–water partition coefficient (Wildman–Crippen LogP) is 1.22. The van der Waals surface area contributed by atoms with Gasteiger partial charge < -0.3 is 9.30 Å². The van der Waals surface area contributed by atoms with Crippen LogP contribution in [0, 0.1) is 18.3 Å². The number of hydrogen-bond donors (Lipinski definition) is 0. The van der Waals surface area contributed by atoms with E-state index in [2.05, 4.69) is 10.8 Å². The monoisotopic (exact) mass is 314 g/mol. The summed E-state index contributed by atoms with van der Waals surface area (Å²) in [7, 11) is 0. The summed E-state index contributed by atoms with van der Waals surface area (Å²) in [6.45, 7) is 5.97. The number of pyridine rings is 1. The van der Waals surface area contributed by atoms with Crippen molar-refractivity contribution in [2.24, 2.45) is 5.92 Å². The smallest absolute Gasteiger partial charge is 0.321 e. The van der Waals surface area contributed by atoms with Crippen LogP contribution in [0.5, 0.6) is 0 Å². The largest absolute Gasteiger partial charge is 0.445 e. The zero-order valence-corrected chi connectivity index (χ0v) is 13.6. The van der Waals surface area contributed by atoms with Crippen LogP contribution in [0.2, 0.25) is 0 Å². The lowest BCUT2D eigenvalue weighted by Gasteiger charge is -2.42. The van der Waals surface area contributed by atoms with Gasteiger partial charge in [0.15, 0.2) is 5.60 Å². The van der Waals surface area contributed by atoms with Crippen LogP contribution in [0.1, 0.15) is 31.9 Å². The Kier molecular flexibility index (Phi) is 4.03. The molecule has 2 aliphatic rings. The van der Waals surface area contributed by atoms with Crippen molar-refractivity contribution in [1.82, 2.24) is 9.47 Å². The Morgan fingerprint density at radius 3 is 2.91 bits per heavy atom. The minimum Gasteiger partial charge on any atom is -0.445 e. The van der Waals surface area contributed by atoms with Gasteiger partial charge in [0.25, 0.3) is 5.56 Å². The van der Waals surface area contributed by atoms with Crippen molar-refractivity contribution < 1.29 is 9.53 Å². The zero-order chi connectivity index (χ0) is 16.6. The summed E-state index contributed by atoms with van der Waals surface area (Å²) in [6.07, 6.45) is 6.43. The molecule has 0 aliphatic carbocycles. The number of nitrogens with zero attached hydrogens (tertiary/aromatic N) is 2. The SMILES string of the molecule is C#CC(C)(C)OC(=O)CN1C[C@H]2C[C@@H](C1)c1cccc(=O)n1C2. The van der Waals surface area contributed by atoms with Gasteiger partial charge >= 0.3 is 5.97 Å². The van der Waals surface area contributed by atoms with E-state index >= 15 is 0 Å². The third kappa shape index (κ3) is 3.32. The molecule has 0 spiro atoms. The molecule has 1 fully saturated rings. The number of fused-ring (bicyclic) bond motifs is 4. The van der Waals surface area contributed by atoms with E-state index in [1.165, 1.54) is 0 Å². The molecular weight excluding hydrogens is 292 g/mol. The normalized spacial score (nSPS) is 23.7. The van der Waals surface area contributed by atoms with Gasteiger partial charge in [0.2, 0.25) is 0 Å². The van der Waals surface area contributed by atoms with Crippen LogP contribution in [-0.2, 0) is 16.1 Å². The minimum absolute atomic E-state index is 0.0702. The lowest BCUT2D eigenvalue weighted by atomic mass is 9.83. The summed E-state index contributed by atoms with van der Waals surface area (Å²) in [4.78, 5) is 26.2. The van der Waals surface area contributed by atoms with Crippen LogP contribution in [0.15, 0.2) is 23.0 Å². The van der Waals surface area contributed by atoms with Crippen molar-refractivity contribution in [1.29, 1.82) is 0 Å². The van der Waals surface area contributed by atoms with Gasteiger partial charge in [0, 0.05) is 37.3 Å². The molecule has 0 saturated carbocycles. The van der Waals surface area contributed by atoms with E-state index in [1.807, 2.05) is 16.7 Å². The average Bonchev–Trinajstić information content (AvgIpc) is 2.47. The van der Waals surface area contributed by atoms with Crippen molar-refractivity contribution >= 4 is 5.97 Å². The maximum atomic E-state index is 12.1. The molecule has 0 N–H and O–H groups in total. The van der Waals surface area contributed by atoms with Gasteiger partial charge in [-0.05, 0) is 32.3 Å². The summed E-state index contributed by atoms with van der Waals surface area (Å²) in [6, 6.07) is 5.45. The highest BCUT2D eigenvalue weighted by Crippen LogP contribution is 2.34. The summed E-state index contributed by atoms with van der Waals surface area (Å²) in [5.41, 5.74) is 0.277. The fraction of sp³-hybridized carbons (Fsp3) is 0.556. The van der Waals surface area contributed by atoms with Gasteiger partial charge in [-0.1, -0.05) is 12.0 Å². The highest BCUT2D eigenvalue weighted by molar-refractivity contribution is 5.72. The summed E-state index contributed by atoms with van der Waals surface area (Å²) >= 11 is 0. The molecule has 0 amide bonds. The third-order valence-corrected chi connectivity index (χ3v) is 4.62. The lowest BCUT2D eigenvalue weighted by Crippen LogP contribution is -2.49. The molecule has 5 nitrogen and oxygen atoms in total. The molecule has 3 rings (SSSR count). The summed E-state index contributed by atoms with van der Waals surface area (Å²) < 4.78 is 7.21. The second kappa shape index (κ2) is 5.86. The number of esters is 1. The predicted molar refractivity (Wildman–Crippen MR) is 87.0 cm³/mol. The second-order valence-electron chi connectivity index (χ2n) is 7.02. The van der Waals surface area contributed by atoms with Gasteiger partial charge in [0.05, 0.1) is 6.54 Å². The minimum atomic E-state index is -0.872. The van der Waals surface area contributed by atoms with Crippen molar-refractivity contribution in [2.45, 2.75) is 38.3 Å². The van der Waals surface area contributed by atoms with Crippen LogP contribution in [0.4, 0.5) is 0 Å². The molecule has 3 heterocycles. The van der Waals surface area contributed by atoms with Gasteiger partial charge in [-0.25, -0.2) is 0 Å². The topological polar surface area (TPSA) is 51.5 Å². The Hall–Kier alpha value is -2.06. The molecular formula is C18H22N2O3. The Labute approximate surface area is 136 Å². The van der Waals surface area contributed by atoms with Crippen LogP contribution < -0.4 is 5.56 Å². The molecule has 1 aromatic rings. The molecule has 23 heavy (non-hydrogen) atoms. The first-order valence-corrected chi connectivity index (χ1v) is 7.99. The van der Waals surface area contributed by atoms with Crippen molar-refractivity contribution in [2.75, 3.05) is 19.6 Å². The fourth-order valence-electron chi connectivity index (χ4n) is 3.65. The van der Waals surface area contributed by atoms with Gasteiger partial charge in [-0.2, -0.15) is 0 Å². The molecule has 5 heteroatoms. The van der Waals surface area contributed by atoms with E-state index in [4.69, 9.17) is 11.2 Å². The molecule has 0 unspecified atom stereocenters. The van der Waals surface area contributed by atoms with Crippen LogP contribution in [0.3, 0.4) is 0 Å². The molecule has 2 bridgehead atoms. The molecule has 2 aliphatic heterocycles. The fourth-order valence-corrected chi connectivity index (χ4v) is 3.65. The number of carbonyl (C=O) groups is 1. The van der Waals surface area contributed by atoms with E-state index < -0.39 is 5.60 Å². The molecule has 1 saturated heterocycles. The number of rotatable bonds is 3. The van der Waals surface area contributed by atoms with E-state index in [9.17, 15) is 9.59 Å². The molecule has 2 atom stereocenters. The Morgan fingerprint density at radius 2 is 2.17 bits per heavy atom. The standard InChI is InChI=1S/C18H22N2O3/c1-4-18(2,3)23-17(22)12-19-9-13-8-14(11-19)15-6-5-7-16(21)20(15)10-13/h1,5-7,13-14H,8-12H2,2-3H3/t13-,14+/m1/s1. The van der Waals surface area contributed by atoms with Crippen LogP contribution in [0.25, 0.3) is 0 Å². The molecule has 1 aromatic heterocycles. The van der Waals surface area contributed by atoms with Gasteiger partial charge in [-0.15, -0.1) is 6.42 Å². The first-order valence-electron chi connectivity index (χ1n) is 7.99. The maximum absolute atomic E-state index is 12.1. The van der Waals surface area contributed by atoms with E-state index in [-0.39, 0.29) is 18.1 Å². The van der Waals surface area contributed by atoms with Crippen molar-refractivity contribution in [3.05, 3.63) is 34.2 Å². The molecule has 0 radical (unpaired) electrons.